The Bertz CT molecular complexity index is 183. The number of carbonyl (C=O) groups excluding carboxylic acids is 2. The van der Waals surface area contributed by atoms with Crippen LogP contribution in [-0.4, -0.2) is 24.0 Å². The van der Waals surface area contributed by atoms with Crippen molar-refractivity contribution in [3.05, 3.63) is 11.8 Å². The van der Waals surface area contributed by atoms with E-state index in [-0.39, 0.29) is 0 Å². The third-order valence-corrected chi connectivity index (χ3v) is 0.735. The van der Waals surface area contributed by atoms with E-state index in [1.807, 2.05) is 27.7 Å². The van der Waals surface area contributed by atoms with Gasteiger partial charge < -0.3 is 9.84 Å². The number of ether oxygens (including phenoxy) is 1. The van der Waals surface area contributed by atoms with Gasteiger partial charge in [-0.1, -0.05) is 27.7 Å². The average molecular weight is 204 g/mol. The van der Waals surface area contributed by atoms with E-state index in [1.165, 1.54) is 6.92 Å². The maximum Gasteiger partial charge on any atom is 0.373 e. The molecule has 0 saturated carbocycles. The highest BCUT2D eigenvalue weighted by Crippen LogP contribution is 1.90. The zero-order chi connectivity index (χ0) is 12.1. The molecule has 0 heterocycles. The zero-order valence-corrected chi connectivity index (χ0v) is 9.75. The molecule has 0 aromatic heterocycles. The number of carbonyl (C=O) groups is 2. The van der Waals surface area contributed by atoms with Crippen LogP contribution in [-0.2, 0) is 14.3 Å². The van der Waals surface area contributed by atoms with E-state index < -0.39 is 17.5 Å². The topological polar surface area (TPSA) is 63.6 Å². The third-order valence-electron chi connectivity index (χ3n) is 0.735. The molecule has 0 amide bonds. The number of aliphatic hydroxyl groups is 1. The number of ketones is 1. The van der Waals surface area contributed by atoms with Crippen molar-refractivity contribution >= 4 is 11.8 Å². The van der Waals surface area contributed by atoms with Crippen molar-refractivity contribution in [1.82, 2.24) is 0 Å². The van der Waals surface area contributed by atoms with E-state index in [1.54, 1.807) is 0 Å². The Morgan fingerprint density at radius 3 is 1.71 bits per heavy atom. The monoisotopic (exact) mass is 204 g/mol. The second kappa shape index (κ2) is 14.2. The highest BCUT2D eigenvalue weighted by molar-refractivity contribution is 5.96. The van der Waals surface area contributed by atoms with Crippen molar-refractivity contribution in [3.63, 3.8) is 0 Å². The molecule has 0 spiro atoms. The van der Waals surface area contributed by atoms with Crippen molar-refractivity contribution < 1.29 is 19.4 Å². The number of rotatable bonds is 2. The molecule has 0 aliphatic carbocycles. The summed E-state index contributed by atoms with van der Waals surface area (Å²) < 4.78 is 4.10. The minimum atomic E-state index is -0.907. The van der Waals surface area contributed by atoms with Crippen LogP contribution in [0.15, 0.2) is 11.8 Å². The van der Waals surface area contributed by atoms with Crippen molar-refractivity contribution in [2.75, 3.05) is 7.11 Å². The normalized spacial score (nSPS) is 8.57. The Kier molecular flexibility index (Phi) is 18.7. The molecule has 0 bridgehead atoms. The standard InChI is InChI=1S/C6H8O4.2C2H6/c1-4(7)3-5(8)6(9)10-2;2*1-2/h3,8H,1-2H3;2*1-2H3/b5-3-;;. The number of hydrogen-bond donors (Lipinski definition) is 1. The molecule has 14 heavy (non-hydrogen) atoms. The van der Waals surface area contributed by atoms with E-state index >= 15 is 0 Å². The van der Waals surface area contributed by atoms with Gasteiger partial charge in [-0.15, -0.1) is 0 Å². The third kappa shape index (κ3) is 13.3. The summed E-state index contributed by atoms with van der Waals surface area (Å²) >= 11 is 0. The fraction of sp³-hybridized carbons (Fsp3) is 0.600. The van der Waals surface area contributed by atoms with Gasteiger partial charge in [0.15, 0.2) is 5.78 Å². The maximum atomic E-state index is 10.4. The molecule has 0 atom stereocenters. The molecule has 84 valence electrons. The molecule has 0 unspecified atom stereocenters. The van der Waals surface area contributed by atoms with Gasteiger partial charge in [-0.25, -0.2) is 4.79 Å². The molecule has 1 N–H and O–H groups in total. The Hall–Kier alpha value is -1.32. The van der Waals surface area contributed by atoms with Crippen LogP contribution in [0.5, 0.6) is 0 Å². The van der Waals surface area contributed by atoms with Gasteiger partial charge in [-0.3, -0.25) is 4.79 Å². The molecule has 0 saturated heterocycles. The summed E-state index contributed by atoms with van der Waals surface area (Å²) in [6, 6.07) is 0. The first-order valence-corrected chi connectivity index (χ1v) is 4.57. The van der Waals surface area contributed by atoms with Crippen LogP contribution in [0, 0.1) is 0 Å². The molecular formula is C10H20O4. The summed E-state index contributed by atoms with van der Waals surface area (Å²) in [5.41, 5.74) is 0. The van der Waals surface area contributed by atoms with Gasteiger partial charge in [0.1, 0.15) is 0 Å². The summed E-state index contributed by atoms with van der Waals surface area (Å²) in [5, 5.41) is 8.65. The summed E-state index contributed by atoms with van der Waals surface area (Å²) in [5.74, 6) is -1.98. The predicted octanol–water partition coefficient (Wildman–Crippen LogP) is 2.24. The molecule has 0 radical (unpaired) electrons. The second-order valence-electron chi connectivity index (χ2n) is 1.63. The highest BCUT2D eigenvalue weighted by Gasteiger charge is 2.06. The molecule has 0 aromatic rings. The number of methoxy groups -OCH3 is 1. The smallest absolute Gasteiger partial charge is 0.373 e. The molecule has 0 aliphatic rings. The minimum absolute atomic E-state index is 0.400. The predicted molar refractivity (Wildman–Crippen MR) is 56.1 cm³/mol. The lowest BCUT2D eigenvalue weighted by molar-refractivity contribution is -0.139. The molecule has 0 aromatic carbocycles. The second-order valence-corrected chi connectivity index (χ2v) is 1.63. The quantitative estimate of drug-likeness (QED) is 0.425. The molecule has 0 aliphatic heterocycles. The fourth-order valence-corrected chi connectivity index (χ4v) is 0.356. The SMILES string of the molecule is CC.CC.COC(=O)/C(O)=C/C(C)=O. The van der Waals surface area contributed by atoms with Crippen LogP contribution in [0.4, 0.5) is 0 Å². The van der Waals surface area contributed by atoms with Crippen LogP contribution in [0.25, 0.3) is 0 Å². The lowest BCUT2D eigenvalue weighted by Gasteiger charge is -1.93. The van der Waals surface area contributed by atoms with Crippen LogP contribution < -0.4 is 0 Å². The van der Waals surface area contributed by atoms with Crippen molar-refractivity contribution in [2.24, 2.45) is 0 Å². The molecule has 4 nitrogen and oxygen atoms in total. The van der Waals surface area contributed by atoms with E-state index in [0.717, 1.165) is 13.2 Å². The Morgan fingerprint density at radius 2 is 1.50 bits per heavy atom. The molecule has 0 fully saturated rings. The van der Waals surface area contributed by atoms with Crippen LogP contribution in [0.2, 0.25) is 0 Å². The molecule has 0 rings (SSSR count). The zero-order valence-electron chi connectivity index (χ0n) is 9.75. The van der Waals surface area contributed by atoms with Crippen molar-refractivity contribution in [3.8, 4) is 0 Å². The number of aliphatic hydroxyl groups excluding tert-OH is 1. The van der Waals surface area contributed by atoms with Crippen molar-refractivity contribution in [2.45, 2.75) is 34.6 Å². The Morgan fingerprint density at radius 1 is 1.14 bits per heavy atom. The summed E-state index contributed by atoms with van der Waals surface area (Å²) in [7, 11) is 1.12. The maximum absolute atomic E-state index is 10.4. The first-order chi connectivity index (χ1) is 6.57. The first kappa shape index (κ1) is 18.5. The van der Waals surface area contributed by atoms with Crippen LogP contribution in [0.3, 0.4) is 0 Å². The lowest BCUT2D eigenvalue weighted by Crippen LogP contribution is -2.05. The van der Waals surface area contributed by atoms with Gasteiger partial charge >= 0.3 is 5.97 Å². The van der Waals surface area contributed by atoms with Gasteiger partial charge in [-0.05, 0) is 6.92 Å². The van der Waals surface area contributed by atoms with Gasteiger partial charge in [0.25, 0.3) is 0 Å². The van der Waals surface area contributed by atoms with Gasteiger partial charge in [0, 0.05) is 6.08 Å². The van der Waals surface area contributed by atoms with E-state index in [9.17, 15) is 9.59 Å². The van der Waals surface area contributed by atoms with E-state index in [2.05, 4.69) is 4.74 Å². The Labute approximate surface area is 85.6 Å². The number of esters is 1. The number of hydrogen-bond acceptors (Lipinski definition) is 4. The average Bonchev–Trinajstić information content (AvgIpc) is 2.21. The molecule has 4 heteroatoms. The largest absolute Gasteiger partial charge is 0.502 e. The van der Waals surface area contributed by atoms with Crippen LogP contribution in [0.1, 0.15) is 34.6 Å². The van der Waals surface area contributed by atoms with Gasteiger partial charge in [0.05, 0.1) is 7.11 Å². The summed E-state index contributed by atoms with van der Waals surface area (Å²) in [6.07, 6.45) is 0.797. The minimum Gasteiger partial charge on any atom is -0.502 e. The summed E-state index contributed by atoms with van der Waals surface area (Å²) in [4.78, 5) is 20.6. The van der Waals surface area contributed by atoms with Gasteiger partial charge in [0.2, 0.25) is 5.76 Å². The van der Waals surface area contributed by atoms with E-state index in [0.29, 0.717) is 0 Å². The van der Waals surface area contributed by atoms with Crippen LogP contribution >= 0.6 is 0 Å². The molecular weight excluding hydrogens is 184 g/mol. The lowest BCUT2D eigenvalue weighted by atomic mass is 10.3. The Balaban J connectivity index is -0.000000266. The van der Waals surface area contributed by atoms with Crippen molar-refractivity contribution in [1.29, 1.82) is 0 Å². The fourth-order valence-electron chi connectivity index (χ4n) is 0.356. The van der Waals surface area contributed by atoms with E-state index in [4.69, 9.17) is 5.11 Å². The highest BCUT2D eigenvalue weighted by atomic mass is 16.5. The summed E-state index contributed by atoms with van der Waals surface area (Å²) in [6.45, 7) is 9.22. The first-order valence-electron chi connectivity index (χ1n) is 4.57. The van der Waals surface area contributed by atoms with Gasteiger partial charge in [-0.2, -0.15) is 0 Å². The number of allylic oxidation sites excluding steroid dienone is 1.